The minimum Gasteiger partial charge on any atom is -0.480 e. The largest absolute Gasteiger partial charge is 0.480 e. The van der Waals surface area contributed by atoms with Crippen molar-refractivity contribution in [3.05, 3.63) is 0 Å². The quantitative estimate of drug-likeness (QED) is 0.146. The van der Waals surface area contributed by atoms with Crippen LogP contribution in [0.4, 0.5) is 0 Å². The van der Waals surface area contributed by atoms with Crippen LogP contribution in [0.2, 0.25) is 0 Å². The highest BCUT2D eigenvalue weighted by Crippen LogP contribution is 2.02. The molecule has 0 radical (unpaired) electrons. The van der Waals surface area contributed by atoms with E-state index in [0.29, 0.717) is 45.2 Å². The van der Waals surface area contributed by atoms with E-state index < -0.39 is 24.0 Å². The first-order valence-corrected chi connectivity index (χ1v) is 6.92. The standard InChI is InChI=1S/C12H26N6O3/c13-6-2-1-5-9(11(20)21)18-10(19)8(14)4-3-7-17-12(15)16/h8-9H,1-7,13-14H2,(H,18,19)(H,20,21)(H4,15,16,17)/t8-,9+/m0/s1. The van der Waals surface area contributed by atoms with E-state index in [1.165, 1.54) is 0 Å². The van der Waals surface area contributed by atoms with Crippen LogP contribution in [0.3, 0.4) is 0 Å². The Balaban J connectivity index is 4.15. The van der Waals surface area contributed by atoms with Gasteiger partial charge in [0.2, 0.25) is 5.91 Å². The zero-order chi connectivity index (χ0) is 16.3. The van der Waals surface area contributed by atoms with Crippen LogP contribution in [0.1, 0.15) is 32.1 Å². The molecular weight excluding hydrogens is 276 g/mol. The van der Waals surface area contributed by atoms with Gasteiger partial charge in [-0.1, -0.05) is 0 Å². The van der Waals surface area contributed by atoms with Crippen molar-refractivity contribution in [3.63, 3.8) is 0 Å². The van der Waals surface area contributed by atoms with Gasteiger partial charge in [0.15, 0.2) is 5.96 Å². The van der Waals surface area contributed by atoms with Gasteiger partial charge < -0.3 is 33.4 Å². The molecule has 0 fully saturated rings. The second-order valence-corrected chi connectivity index (χ2v) is 4.74. The molecule has 0 spiro atoms. The summed E-state index contributed by atoms with van der Waals surface area (Å²) in [7, 11) is 0. The van der Waals surface area contributed by atoms with Gasteiger partial charge in [0.05, 0.1) is 6.04 Å². The number of hydrogen-bond donors (Lipinski definition) is 6. The van der Waals surface area contributed by atoms with Crippen molar-refractivity contribution in [1.29, 1.82) is 0 Å². The maximum Gasteiger partial charge on any atom is 0.326 e. The Hall–Kier alpha value is -1.87. The number of nitrogens with two attached hydrogens (primary N) is 4. The molecule has 0 aliphatic carbocycles. The average molecular weight is 302 g/mol. The first-order chi connectivity index (χ1) is 9.88. The second kappa shape index (κ2) is 10.9. The van der Waals surface area contributed by atoms with Crippen LogP contribution in [0.5, 0.6) is 0 Å². The second-order valence-electron chi connectivity index (χ2n) is 4.74. The maximum absolute atomic E-state index is 11.8. The SMILES string of the molecule is NCCCC[C@@H](NC(=O)[C@@H](N)CCCN=C(N)N)C(=O)O. The molecule has 122 valence electrons. The van der Waals surface area contributed by atoms with E-state index >= 15 is 0 Å². The van der Waals surface area contributed by atoms with Crippen LogP contribution in [0.25, 0.3) is 0 Å². The van der Waals surface area contributed by atoms with Crippen LogP contribution >= 0.6 is 0 Å². The summed E-state index contributed by atoms with van der Waals surface area (Å²) in [5.74, 6) is -1.58. The minimum absolute atomic E-state index is 0.0149. The number of carbonyl (C=O) groups is 2. The molecule has 10 N–H and O–H groups in total. The lowest BCUT2D eigenvalue weighted by Gasteiger charge is -2.17. The number of aliphatic carboxylic acids is 1. The van der Waals surface area contributed by atoms with Crippen LogP contribution in [0.15, 0.2) is 4.99 Å². The molecule has 0 bridgehead atoms. The molecule has 0 unspecified atom stereocenters. The van der Waals surface area contributed by atoms with Gasteiger partial charge in [0.25, 0.3) is 0 Å². The summed E-state index contributed by atoms with van der Waals surface area (Å²) in [6.45, 7) is 0.868. The van der Waals surface area contributed by atoms with E-state index in [-0.39, 0.29) is 5.96 Å². The maximum atomic E-state index is 11.8. The Morgan fingerprint density at radius 3 is 2.33 bits per heavy atom. The Morgan fingerprint density at radius 1 is 1.14 bits per heavy atom. The molecule has 0 saturated carbocycles. The summed E-state index contributed by atoms with van der Waals surface area (Å²) in [5, 5.41) is 11.5. The predicted molar refractivity (Wildman–Crippen MR) is 80.4 cm³/mol. The van der Waals surface area contributed by atoms with Gasteiger partial charge in [0, 0.05) is 6.54 Å². The normalized spacial score (nSPS) is 13.2. The number of aliphatic imine (C=N–C) groups is 1. The van der Waals surface area contributed by atoms with E-state index in [1.807, 2.05) is 0 Å². The third-order valence-electron chi connectivity index (χ3n) is 2.87. The van der Waals surface area contributed by atoms with Gasteiger partial charge >= 0.3 is 5.97 Å². The fraction of sp³-hybridized carbons (Fsp3) is 0.750. The van der Waals surface area contributed by atoms with Crippen LogP contribution < -0.4 is 28.3 Å². The molecule has 0 aromatic heterocycles. The van der Waals surface area contributed by atoms with Crippen molar-refractivity contribution in [2.24, 2.45) is 27.9 Å². The van der Waals surface area contributed by atoms with Crippen molar-refractivity contribution < 1.29 is 14.7 Å². The molecule has 0 saturated heterocycles. The van der Waals surface area contributed by atoms with Crippen LogP contribution in [-0.4, -0.2) is 48.1 Å². The average Bonchev–Trinajstić information content (AvgIpc) is 2.41. The summed E-state index contributed by atoms with van der Waals surface area (Å²) in [4.78, 5) is 26.6. The number of nitrogens with zero attached hydrogens (tertiary/aromatic N) is 1. The number of guanidine groups is 1. The molecule has 0 aliphatic heterocycles. The third-order valence-corrected chi connectivity index (χ3v) is 2.87. The number of hydrogen-bond acceptors (Lipinski definition) is 5. The number of nitrogens with one attached hydrogen (secondary N) is 1. The minimum atomic E-state index is -1.08. The number of unbranched alkanes of at least 4 members (excludes halogenated alkanes) is 1. The van der Waals surface area contributed by atoms with E-state index in [1.54, 1.807) is 0 Å². The number of carboxylic acids is 1. The number of carbonyl (C=O) groups excluding carboxylic acids is 1. The first kappa shape index (κ1) is 19.1. The summed E-state index contributed by atoms with van der Waals surface area (Å²) >= 11 is 0. The highest BCUT2D eigenvalue weighted by Gasteiger charge is 2.22. The van der Waals surface area contributed by atoms with Crippen molar-refractivity contribution in [2.45, 2.75) is 44.2 Å². The highest BCUT2D eigenvalue weighted by molar-refractivity contribution is 5.86. The van der Waals surface area contributed by atoms with Gasteiger partial charge in [0.1, 0.15) is 6.04 Å². The predicted octanol–water partition coefficient (Wildman–Crippen LogP) is -1.93. The van der Waals surface area contributed by atoms with E-state index in [0.717, 1.165) is 0 Å². The number of carboxylic acid groups (broad SMARTS) is 1. The van der Waals surface area contributed by atoms with Crippen molar-refractivity contribution in [3.8, 4) is 0 Å². The van der Waals surface area contributed by atoms with Crippen molar-refractivity contribution in [1.82, 2.24) is 5.32 Å². The molecule has 0 heterocycles. The molecule has 21 heavy (non-hydrogen) atoms. The molecule has 0 rings (SSSR count). The van der Waals surface area contributed by atoms with Crippen molar-refractivity contribution in [2.75, 3.05) is 13.1 Å². The van der Waals surface area contributed by atoms with Gasteiger partial charge in [-0.3, -0.25) is 9.79 Å². The Labute approximate surface area is 124 Å². The monoisotopic (exact) mass is 302 g/mol. The lowest BCUT2D eigenvalue weighted by atomic mass is 10.1. The summed E-state index contributed by atoms with van der Waals surface area (Å²) in [6, 6.07) is -1.72. The molecule has 0 aromatic carbocycles. The van der Waals surface area contributed by atoms with Crippen molar-refractivity contribution >= 4 is 17.8 Å². The number of amides is 1. The van der Waals surface area contributed by atoms with Gasteiger partial charge in [-0.05, 0) is 38.6 Å². The van der Waals surface area contributed by atoms with Gasteiger partial charge in [-0.2, -0.15) is 0 Å². The lowest BCUT2D eigenvalue weighted by Crippen LogP contribution is -2.48. The van der Waals surface area contributed by atoms with E-state index in [2.05, 4.69) is 10.3 Å². The van der Waals surface area contributed by atoms with Crippen LogP contribution in [-0.2, 0) is 9.59 Å². The Morgan fingerprint density at radius 2 is 1.81 bits per heavy atom. The molecule has 2 atom stereocenters. The van der Waals surface area contributed by atoms with E-state index in [4.69, 9.17) is 28.0 Å². The van der Waals surface area contributed by atoms with Gasteiger partial charge in [-0.25, -0.2) is 4.79 Å². The number of rotatable bonds is 11. The first-order valence-electron chi connectivity index (χ1n) is 6.92. The van der Waals surface area contributed by atoms with E-state index in [9.17, 15) is 9.59 Å². The molecule has 0 aliphatic rings. The lowest BCUT2D eigenvalue weighted by molar-refractivity contribution is -0.142. The smallest absolute Gasteiger partial charge is 0.326 e. The molecule has 0 aromatic rings. The molecule has 9 heteroatoms. The summed E-state index contributed by atoms with van der Waals surface area (Å²) in [6.07, 6.45) is 2.59. The molecule has 1 amide bonds. The Kier molecular flexibility index (Phi) is 9.90. The third kappa shape index (κ3) is 9.63. The summed E-state index contributed by atoms with van der Waals surface area (Å²) < 4.78 is 0. The topological polar surface area (TPSA) is 183 Å². The fourth-order valence-electron chi connectivity index (χ4n) is 1.68. The zero-order valence-electron chi connectivity index (χ0n) is 12.1. The van der Waals surface area contributed by atoms with Crippen LogP contribution in [0, 0.1) is 0 Å². The molecule has 9 nitrogen and oxygen atoms in total. The van der Waals surface area contributed by atoms with Gasteiger partial charge in [-0.15, -0.1) is 0 Å². The Bertz CT molecular complexity index is 357. The fourth-order valence-corrected chi connectivity index (χ4v) is 1.68. The zero-order valence-corrected chi connectivity index (χ0v) is 12.1. The summed E-state index contributed by atoms with van der Waals surface area (Å²) in [5.41, 5.74) is 21.4. The molecular formula is C12H26N6O3. The highest BCUT2D eigenvalue weighted by atomic mass is 16.4.